The molecule has 0 N–H and O–H groups in total. The van der Waals surface area contributed by atoms with Crippen LogP contribution < -0.4 is 9.47 Å². The van der Waals surface area contributed by atoms with Gasteiger partial charge < -0.3 is 18.8 Å². The smallest absolute Gasteiger partial charge is 0.255 e. The van der Waals surface area contributed by atoms with E-state index in [1.807, 2.05) is 47.7 Å². The van der Waals surface area contributed by atoms with Crippen molar-refractivity contribution in [2.24, 2.45) is 0 Å². The maximum Gasteiger partial charge on any atom is 0.255 e. The van der Waals surface area contributed by atoms with Gasteiger partial charge in [0.15, 0.2) is 17.1 Å². The third kappa shape index (κ3) is 3.92. The largest absolute Gasteiger partial charge is 0.493 e. The van der Waals surface area contributed by atoms with Gasteiger partial charge in [0.1, 0.15) is 11.5 Å². The van der Waals surface area contributed by atoms with E-state index in [0.29, 0.717) is 41.5 Å². The predicted molar refractivity (Wildman–Crippen MR) is 133 cm³/mol. The second-order valence-corrected chi connectivity index (χ2v) is 9.25. The van der Waals surface area contributed by atoms with Gasteiger partial charge >= 0.3 is 0 Å². The van der Waals surface area contributed by atoms with Crippen LogP contribution in [0.3, 0.4) is 0 Å². The van der Waals surface area contributed by atoms with Gasteiger partial charge in [-0.05, 0) is 69.5 Å². The van der Waals surface area contributed by atoms with Gasteiger partial charge in [0.25, 0.3) is 5.91 Å². The van der Waals surface area contributed by atoms with Crippen molar-refractivity contribution in [2.45, 2.75) is 46.7 Å². The Morgan fingerprint density at radius 2 is 1.77 bits per heavy atom. The van der Waals surface area contributed by atoms with E-state index in [4.69, 9.17) is 18.9 Å². The van der Waals surface area contributed by atoms with Gasteiger partial charge in [-0.2, -0.15) is 5.10 Å². The molecule has 0 atom stereocenters. The van der Waals surface area contributed by atoms with E-state index in [0.717, 1.165) is 34.5 Å². The lowest BCUT2D eigenvalue weighted by Crippen LogP contribution is -2.36. The Kier molecular flexibility index (Phi) is 5.75. The summed E-state index contributed by atoms with van der Waals surface area (Å²) in [5.41, 5.74) is 5.12. The highest BCUT2D eigenvalue weighted by Gasteiger charge is 2.27. The minimum Gasteiger partial charge on any atom is -0.493 e. The molecule has 0 saturated carbocycles. The van der Waals surface area contributed by atoms with Crippen LogP contribution in [0.2, 0.25) is 0 Å². The van der Waals surface area contributed by atoms with Gasteiger partial charge in [-0.3, -0.25) is 4.79 Å². The number of ether oxygens (including phenoxy) is 2. The van der Waals surface area contributed by atoms with Gasteiger partial charge in [-0.15, -0.1) is 0 Å². The van der Waals surface area contributed by atoms with E-state index in [2.05, 4.69) is 18.9 Å². The van der Waals surface area contributed by atoms with E-state index in [1.54, 1.807) is 20.4 Å². The number of furan rings is 1. The Morgan fingerprint density at radius 1 is 1.06 bits per heavy atom. The van der Waals surface area contributed by atoms with Crippen molar-refractivity contribution < 1.29 is 18.7 Å². The quantitative estimate of drug-likeness (QED) is 0.400. The van der Waals surface area contributed by atoms with Crippen LogP contribution in [0.1, 0.15) is 52.9 Å². The highest BCUT2D eigenvalue weighted by Crippen LogP contribution is 2.35. The number of aromatic nitrogens is 3. The van der Waals surface area contributed by atoms with Crippen LogP contribution in [0.4, 0.5) is 0 Å². The van der Waals surface area contributed by atoms with Crippen LogP contribution in [0.25, 0.3) is 22.3 Å². The third-order valence-corrected chi connectivity index (χ3v) is 6.61. The monoisotopic (exact) mass is 474 g/mol. The molecule has 0 radical (unpaired) electrons. The molecule has 3 aromatic heterocycles. The van der Waals surface area contributed by atoms with Crippen LogP contribution in [0.5, 0.6) is 11.5 Å². The van der Waals surface area contributed by atoms with Gasteiger partial charge in [0.2, 0.25) is 0 Å². The average molecular weight is 475 g/mol. The number of carbonyl (C=O) groups excluding carboxylic acids is 1. The lowest BCUT2D eigenvalue weighted by atomic mass is 9.97. The number of fused-ring (bicyclic) bond motifs is 2. The van der Waals surface area contributed by atoms with Crippen LogP contribution in [-0.4, -0.2) is 46.3 Å². The summed E-state index contributed by atoms with van der Waals surface area (Å²) in [7, 11) is 3.26. The number of methoxy groups -OCH3 is 2. The first-order valence-corrected chi connectivity index (χ1v) is 11.8. The van der Waals surface area contributed by atoms with Gasteiger partial charge in [-0.25, -0.2) is 9.67 Å². The summed E-state index contributed by atoms with van der Waals surface area (Å²) >= 11 is 0. The summed E-state index contributed by atoms with van der Waals surface area (Å²) in [6.45, 7) is 9.04. The van der Waals surface area contributed by atoms with Gasteiger partial charge in [-0.1, -0.05) is 0 Å². The standard InChI is InChI=1S/C27H30N4O4/c1-15(2)31-26-22(13-28-31)21(12-23(29-26)20-9-16(3)35-17(20)4)27(32)30-8-7-18-10-24(33-5)25(34-6)11-19(18)14-30/h9-13,15H,7-8,14H2,1-6H3. The number of aryl methyl sites for hydroxylation is 2. The predicted octanol–water partition coefficient (Wildman–Crippen LogP) is 5.10. The van der Waals surface area contributed by atoms with E-state index in [-0.39, 0.29) is 11.9 Å². The zero-order chi connectivity index (χ0) is 24.9. The topological polar surface area (TPSA) is 82.6 Å². The Labute approximate surface area is 204 Å². The van der Waals surface area contributed by atoms with Crippen molar-refractivity contribution in [1.82, 2.24) is 19.7 Å². The molecule has 0 bridgehead atoms. The molecule has 1 aliphatic heterocycles. The minimum absolute atomic E-state index is 0.0414. The Bertz CT molecular complexity index is 1430. The lowest BCUT2D eigenvalue weighted by Gasteiger charge is -2.30. The molecule has 1 aromatic carbocycles. The molecule has 4 heterocycles. The van der Waals surface area contributed by atoms with E-state index < -0.39 is 0 Å². The van der Waals surface area contributed by atoms with E-state index >= 15 is 0 Å². The van der Waals surface area contributed by atoms with Crippen LogP contribution in [0, 0.1) is 13.8 Å². The molecule has 4 aromatic rings. The van der Waals surface area contributed by atoms with Crippen LogP contribution >= 0.6 is 0 Å². The fourth-order valence-electron chi connectivity index (χ4n) is 4.82. The van der Waals surface area contributed by atoms with Crippen LogP contribution in [-0.2, 0) is 13.0 Å². The lowest BCUT2D eigenvalue weighted by molar-refractivity contribution is 0.0736. The number of rotatable bonds is 5. The summed E-state index contributed by atoms with van der Waals surface area (Å²) in [6.07, 6.45) is 2.49. The second kappa shape index (κ2) is 8.76. The molecule has 0 fully saturated rings. The van der Waals surface area contributed by atoms with Crippen molar-refractivity contribution in [2.75, 3.05) is 20.8 Å². The average Bonchev–Trinajstić information content (AvgIpc) is 3.43. The first kappa shape index (κ1) is 23.0. The molecule has 182 valence electrons. The molecule has 1 aliphatic rings. The van der Waals surface area contributed by atoms with Gasteiger partial charge in [0, 0.05) is 24.7 Å². The fourth-order valence-corrected chi connectivity index (χ4v) is 4.82. The molecule has 0 aliphatic carbocycles. The molecular weight excluding hydrogens is 444 g/mol. The zero-order valence-corrected chi connectivity index (χ0v) is 21.0. The normalized spacial score (nSPS) is 13.4. The maximum absolute atomic E-state index is 13.9. The summed E-state index contributed by atoms with van der Waals surface area (Å²) in [4.78, 5) is 20.7. The molecule has 35 heavy (non-hydrogen) atoms. The molecule has 8 nitrogen and oxygen atoms in total. The molecule has 5 rings (SSSR count). The third-order valence-electron chi connectivity index (χ3n) is 6.61. The van der Waals surface area contributed by atoms with Crippen molar-refractivity contribution in [3.8, 4) is 22.8 Å². The highest BCUT2D eigenvalue weighted by molar-refractivity contribution is 6.06. The Balaban J connectivity index is 1.59. The number of hydrogen-bond acceptors (Lipinski definition) is 6. The number of benzene rings is 1. The second-order valence-electron chi connectivity index (χ2n) is 9.25. The van der Waals surface area contributed by atoms with Crippen molar-refractivity contribution in [1.29, 1.82) is 0 Å². The number of pyridine rings is 1. The molecule has 0 spiro atoms. The number of hydrogen-bond donors (Lipinski definition) is 0. The minimum atomic E-state index is -0.0414. The van der Waals surface area contributed by atoms with Crippen LogP contribution in [0.15, 0.2) is 34.9 Å². The van der Waals surface area contributed by atoms with Crippen molar-refractivity contribution in [3.63, 3.8) is 0 Å². The summed E-state index contributed by atoms with van der Waals surface area (Å²) in [6, 6.07) is 7.92. The number of carbonyl (C=O) groups is 1. The first-order chi connectivity index (χ1) is 16.8. The molecule has 0 unspecified atom stereocenters. The summed E-state index contributed by atoms with van der Waals surface area (Å²) < 4.78 is 18.6. The molecule has 1 amide bonds. The first-order valence-electron chi connectivity index (χ1n) is 11.8. The van der Waals surface area contributed by atoms with E-state index in [1.165, 1.54) is 5.56 Å². The highest BCUT2D eigenvalue weighted by atomic mass is 16.5. The Hall–Kier alpha value is -3.81. The van der Waals surface area contributed by atoms with Crippen molar-refractivity contribution >= 4 is 16.9 Å². The summed E-state index contributed by atoms with van der Waals surface area (Å²) in [5.74, 6) is 2.91. The van der Waals surface area contributed by atoms with E-state index in [9.17, 15) is 4.79 Å². The number of nitrogens with zero attached hydrogens (tertiary/aromatic N) is 4. The maximum atomic E-state index is 13.9. The molecule has 8 heteroatoms. The SMILES string of the molecule is COc1cc2c(cc1OC)CN(C(=O)c1cc(-c3cc(C)oc3C)nc3c1cnn3C(C)C)CC2. The molecular formula is C27H30N4O4. The zero-order valence-electron chi connectivity index (χ0n) is 21.0. The Morgan fingerprint density at radius 3 is 2.40 bits per heavy atom. The fraction of sp³-hybridized carbons (Fsp3) is 0.370. The summed E-state index contributed by atoms with van der Waals surface area (Å²) in [5, 5.41) is 5.31. The molecule has 0 saturated heterocycles. The van der Waals surface area contributed by atoms with Crippen molar-refractivity contribution in [3.05, 3.63) is 58.7 Å². The number of amides is 1. The van der Waals surface area contributed by atoms with Gasteiger partial charge in [0.05, 0.1) is 37.1 Å².